The molecule has 0 N–H and O–H groups in total. The van der Waals surface area contributed by atoms with Crippen LogP contribution in [0.2, 0.25) is 0 Å². The van der Waals surface area contributed by atoms with Gasteiger partial charge >= 0.3 is 0 Å². The molecule has 0 spiro atoms. The molecule has 0 radical (unpaired) electrons. The zero-order valence-electron chi connectivity index (χ0n) is 28.5. The third kappa shape index (κ3) is 3.89. The highest BCUT2D eigenvalue weighted by Gasteiger charge is 2.26. The molecule has 0 fully saturated rings. The highest BCUT2D eigenvalue weighted by atomic mass is 32.1. The average Bonchev–Trinajstić information content (AvgIpc) is 3.88. The van der Waals surface area contributed by atoms with Gasteiger partial charge in [-0.25, -0.2) is 0 Å². The van der Waals surface area contributed by atoms with E-state index in [4.69, 9.17) is 4.42 Å². The van der Waals surface area contributed by atoms with E-state index in [1.54, 1.807) is 0 Å². The quantitative estimate of drug-likeness (QED) is 0.169. The summed E-state index contributed by atoms with van der Waals surface area (Å²) in [4.78, 5) is 0. The Morgan fingerprint density at radius 2 is 1.17 bits per heavy atom. The van der Waals surface area contributed by atoms with Crippen LogP contribution in [-0.4, -0.2) is 4.57 Å². The van der Waals surface area contributed by atoms with Crippen LogP contribution in [0.3, 0.4) is 0 Å². The number of fused-ring (bicyclic) bond motifs is 16. The second-order valence-electron chi connectivity index (χ2n) is 13.5. The van der Waals surface area contributed by atoms with Crippen molar-refractivity contribution in [2.45, 2.75) is 6.92 Å². The fraction of sp³-hybridized carbons (Fsp3) is 0.0204. The summed E-state index contributed by atoms with van der Waals surface area (Å²) in [7, 11) is 0. The standard InChI is InChI=1S/C49H31NOS/c1-3-14-37-40(4-2)51-49-47(37)45-35-18-8-6-16-33(35)32-15-5-7-17-34(32)44(45)46-36-19-9-11-22-39(36)50(48(46)49)30-27-25-29(26-28-30)31-21-13-24-42-43(31)38-20-10-12-23-41(38)52-42/h3-28H,2H2,1H3/b14-3-. The molecular weight excluding hydrogens is 651 g/mol. The molecule has 0 saturated carbocycles. The van der Waals surface area contributed by atoms with Crippen molar-refractivity contribution in [1.29, 1.82) is 0 Å². The summed E-state index contributed by atoms with van der Waals surface area (Å²) < 4.78 is 12.0. The largest absolute Gasteiger partial charge is 0.454 e. The van der Waals surface area contributed by atoms with Gasteiger partial charge in [-0.1, -0.05) is 128 Å². The number of aromatic nitrogens is 1. The number of hydrogen-bond acceptors (Lipinski definition) is 2. The smallest absolute Gasteiger partial charge is 0.160 e. The van der Waals surface area contributed by atoms with Gasteiger partial charge in [0.1, 0.15) is 5.76 Å². The van der Waals surface area contributed by atoms with Crippen LogP contribution in [0.4, 0.5) is 0 Å². The molecule has 52 heavy (non-hydrogen) atoms. The van der Waals surface area contributed by atoms with Gasteiger partial charge in [0.2, 0.25) is 0 Å². The highest BCUT2D eigenvalue weighted by Crippen LogP contribution is 2.50. The molecule has 3 heteroatoms. The van der Waals surface area contributed by atoms with Crippen LogP contribution < -0.4 is 0 Å². The first-order valence-corrected chi connectivity index (χ1v) is 18.6. The van der Waals surface area contributed by atoms with Crippen molar-refractivity contribution in [1.82, 2.24) is 4.57 Å². The minimum absolute atomic E-state index is 0.780. The lowest BCUT2D eigenvalue weighted by molar-refractivity contribution is 0.605. The molecule has 8 aromatic carbocycles. The Labute approximate surface area is 303 Å². The molecule has 0 aliphatic carbocycles. The Morgan fingerprint density at radius 1 is 0.558 bits per heavy atom. The number of furan rings is 1. The lowest BCUT2D eigenvalue weighted by Gasteiger charge is -2.15. The van der Waals surface area contributed by atoms with E-state index >= 15 is 0 Å². The van der Waals surface area contributed by atoms with Crippen LogP contribution in [0.25, 0.3) is 114 Å². The number of thiophene rings is 1. The number of benzene rings is 8. The lowest BCUT2D eigenvalue weighted by atomic mass is 9.88. The number of allylic oxidation sites excluding steroid dienone is 1. The summed E-state index contributed by atoms with van der Waals surface area (Å²) in [5.74, 6) is 0.780. The lowest BCUT2D eigenvalue weighted by Crippen LogP contribution is -1.95. The second-order valence-corrected chi connectivity index (χ2v) is 14.6. The van der Waals surface area contributed by atoms with Crippen molar-refractivity contribution < 1.29 is 4.42 Å². The third-order valence-corrected chi connectivity index (χ3v) is 12.0. The molecule has 11 aromatic rings. The van der Waals surface area contributed by atoms with Crippen molar-refractivity contribution >= 4 is 109 Å². The van der Waals surface area contributed by atoms with Crippen LogP contribution in [0.15, 0.2) is 157 Å². The van der Waals surface area contributed by atoms with Crippen molar-refractivity contribution in [2.24, 2.45) is 0 Å². The van der Waals surface area contributed by atoms with Gasteiger partial charge in [-0.3, -0.25) is 0 Å². The Balaban J connectivity index is 1.30. The Kier molecular flexibility index (Phi) is 6.22. The number of para-hydroxylation sites is 1. The predicted octanol–water partition coefficient (Wildman–Crippen LogP) is 14.7. The maximum Gasteiger partial charge on any atom is 0.160 e. The van der Waals surface area contributed by atoms with Gasteiger partial charge in [0, 0.05) is 58.4 Å². The zero-order valence-corrected chi connectivity index (χ0v) is 29.3. The molecule has 0 atom stereocenters. The minimum Gasteiger partial charge on any atom is -0.454 e. The normalized spacial score (nSPS) is 12.3. The van der Waals surface area contributed by atoms with E-state index in [2.05, 4.69) is 170 Å². The van der Waals surface area contributed by atoms with Crippen LogP contribution >= 0.6 is 11.3 Å². The van der Waals surface area contributed by atoms with Crippen LogP contribution in [0.5, 0.6) is 0 Å². The van der Waals surface area contributed by atoms with E-state index in [-0.39, 0.29) is 0 Å². The van der Waals surface area contributed by atoms with Crippen LogP contribution in [-0.2, 0) is 0 Å². The molecule has 3 heterocycles. The van der Waals surface area contributed by atoms with E-state index in [0.717, 1.165) is 39.0 Å². The SMILES string of the molecule is C=Cc1oc2c(c1/C=C\C)c1c3ccccc3c3ccccc3c1c1c3ccccc3n(-c3ccc(-c4cccc5sc6ccccc6c45)cc3)c21. The molecule has 11 rings (SSSR count). The third-order valence-electron chi connectivity index (χ3n) is 10.9. The molecule has 2 nitrogen and oxygen atoms in total. The molecule has 0 aliphatic heterocycles. The van der Waals surface area contributed by atoms with E-state index in [0.29, 0.717) is 0 Å². The first-order valence-electron chi connectivity index (χ1n) is 17.8. The van der Waals surface area contributed by atoms with E-state index in [1.807, 2.05) is 17.4 Å². The van der Waals surface area contributed by atoms with Gasteiger partial charge < -0.3 is 8.98 Å². The maximum absolute atomic E-state index is 6.96. The molecule has 0 aliphatic rings. The van der Waals surface area contributed by atoms with Gasteiger partial charge in [-0.15, -0.1) is 11.3 Å². The molecule has 0 bridgehead atoms. The minimum atomic E-state index is 0.780. The van der Waals surface area contributed by atoms with Gasteiger partial charge in [0.25, 0.3) is 0 Å². The Hall–Kier alpha value is -6.42. The number of nitrogens with zero attached hydrogens (tertiary/aromatic N) is 1. The number of hydrogen-bond donors (Lipinski definition) is 0. The highest BCUT2D eigenvalue weighted by molar-refractivity contribution is 7.25. The monoisotopic (exact) mass is 681 g/mol. The van der Waals surface area contributed by atoms with Crippen molar-refractivity contribution in [3.63, 3.8) is 0 Å². The summed E-state index contributed by atoms with van der Waals surface area (Å²) in [6, 6.07) is 51.0. The molecule has 0 amide bonds. The maximum atomic E-state index is 6.96. The summed E-state index contributed by atoms with van der Waals surface area (Å²) in [6.07, 6.45) is 6.13. The van der Waals surface area contributed by atoms with E-state index in [9.17, 15) is 0 Å². The van der Waals surface area contributed by atoms with Crippen molar-refractivity contribution in [2.75, 3.05) is 0 Å². The van der Waals surface area contributed by atoms with Crippen LogP contribution in [0, 0.1) is 0 Å². The van der Waals surface area contributed by atoms with E-state index in [1.165, 1.54) is 74.4 Å². The Bertz CT molecular complexity index is 3310. The topological polar surface area (TPSA) is 18.1 Å². The predicted molar refractivity (Wildman–Crippen MR) is 226 cm³/mol. The second kappa shape index (κ2) is 11.0. The number of rotatable bonds is 4. The van der Waals surface area contributed by atoms with Gasteiger partial charge in [0.15, 0.2) is 5.58 Å². The van der Waals surface area contributed by atoms with Crippen molar-refractivity contribution in [3.05, 3.63) is 164 Å². The molecule has 3 aromatic heterocycles. The Morgan fingerprint density at radius 3 is 1.88 bits per heavy atom. The zero-order chi connectivity index (χ0) is 34.5. The molecule has 0 saturated heterocycles. The van der Waals surface area contributed by atoms with E-state index < -0.39 is 0 Å². The van der Waals surface area contributed by atoms with Gasteiger partial charge in [-0.05, 0) is 76.0 Å². The summed E-state index contributed by atoms with van der Waals surface area (Å²) in [6.45, 7) is 6.27. The molecule has 0 unspecified atom stereocenters. The molecular formula is C49H31NOS. The fourth-order valence-corrected chi connectivity index (χ4v) is 9.93. The van der Waals surface area contributed by atoms with Gasteiger partial charge in [-0.2, -0.15) is 0 Å². The van der Waals surface area contributed by atoms with Crippen LogP contribution in [0.1, 0.15) is 18.2 Å². The first kappa shape index (κ1) is 29.3. The first-order chi connectivity index (χ1) is 25.7. The summed E-state index contributed by atoms with van der Waals surface area (Å²) in [5.41, 5.74) is 7.70. The average molecular weight is 682 g/mol. The van der Waals surface area contributed by atoms with Crippen molar-refractivity contribution in [3.8, 4) is 16.8 Å². The summed E-state index contributed by atoms with van der Waals surface area (Å²) >= 11 is 1.86. The van der Waals surface area contributed by atoms with Gasteiger partial charge in [0.05, 0.1) is 11.0 Å². The molecule has 244 valence electrons. The fourth-order valence-electron chi connectivity index (χ4n) is 8.80. The summed E-state index contributed by atoms with van der Waals surface area (Å²) in [5, 5.41) is 13.6.